The van der Waals surface area contributed by atoms with E-state index in [1.165, 1.54) is 37.7 Å². The van der Waals surface area contributed by atoms with Crippen molar-refractivity contribution in [3.8, 4) is 0 Å². The first kappa shape index (κ1) is 18.5. The zero-order valence-corrected chi connectivity index (χ0v) is 17.7. The van der Waals surface area contributed by atoms with E-state index in [9.17, 15) is 4.79 Å². The van der Waals surface area contributed by atoms with Gasteiger partial charge in [0.15, 0.2) is 0 Å². The summed E-state index contributed by atoms with van der Waals surface area (Å²) in [6.07, 6.45) is 15.2. The lowest BCUT2D eigenvalue weighted by Crippen LogP contribution is -2.56. The summed E-state index contributed by atoms with van der Waals surface area (Å²) in [5, 5.41) is 0. The molecule has 0 N–H and O–H groups in total. The van der Waals surface area contributed by atoms with Gasteiger partial charge in [-0.3, -0.25) is 4.79 Å². The summed E-state index contributed by atoms with van der Waals surface area (Å²) < 4.78 is 0. The van der Waals surface area contributed by atoms with Crippen molar-refractivity contribution >= 4 is 11.4 Å². The Balaban J connectivity index is 1.50. The van der Waals surface area contributed by atoms with Gasteiger partial charge in [0.25, 0.3) is 0 Å². The number of nitrogens with zero attached hydrogens (tertiary/aromatic N) is 2. The summed E-state index contributed by atoms with van der Waals surface area (Å²) in [6, 6.07) is 2.09. The van der Waals surface area contributed by atoms with Crippen molar-refractivity contribution in [1.82, 2.24) is 9.97 Å². The van der Waals surface area contributed by atoms with Crippen LogP contribution in [0.1, 0.15) is 77.8 Å². The van der Waals surface area contributed by atoms with E-state index < -0.39 is 0 Å². The molecule has 2 unspecified atom stereocenters. The molecule has 5 rings (SSSR count). The minimum absolute atomic E-state index is 0.247. The molecule has 0 spiro atoms. The number of allylic oxidation sites excluding steroid dienone is 2. The molecule has 0 aliphatic heterocycles. The van der Waals surface area contributed by atoms with E-state index in [1.54, 1.807) is 6.33 Å². The second kappa shape index (κ2) is 6.50. The van der Waals surface area contributed by atoms with Gasteiger partial charge in [0.2, 0.25) is 0 Å². The third-order valence-electron chi connectivity index (χ3n) is 9.62. The normalized spacial score (nSPS) is 45.0. The third kappa shape index (κ3) is 2.50. The molecule has 4 aliphatic rings. The Kier molecular flexibility index (Phi) is 4.30. The van der Waals surface area contributed by atoms with Crippen LogP contribution in [-0.2, 0) is 4.79 Å². The molecule has 3 saturated carbocycles. The highest BCUT2D eigenvalue weighted by Crippen LogP contribution is 2.68. The summed E-state index contributed by atoms with van der Waals surface area (Å²) in [6.45, 7) is 7.44. The van der Waals surface area contributed by atoms with Crippen LogP contribution in [0, 0.1) is 40.4 Å². The maximum absolute atomic E-state index is 12.2. The van der Waals surface area contributed by atoms with E-state index in [0.717, 1.165) is 48.6 Å². The first-order valence-electron chi connectivity index (χ1n) is 11.5. The van der Waals surface area contributed by atoms with E-state index in [0.29, 0.717) is 17.1 Å². The highest BCUT2D eigenvalue weighted by molar-refractivity contribution is 5.79. The zero-order valence-electron chi connectivity index (χ0n) is 17.7. The highest BCUT2D eigenvalue weighted by atomic mass is 16.1. The maximum Gasteiger partial charge on any atom is 0.133 e. The van der Waals surface area contributed by atoms with Crippen LogP contribution >= 0.6 is 0 Å². The van der Waals surface area contributed by atoms with Crippen molar-refractivity contribution in [3.05, 3.63) is 30.4 Å². The van der Waals surface area contributed by atoms with Crippen molar-refractivity contribution in [2.24, 2.45) is 40.4 Å². The largest absolute Gasteiger partial charge is 0.300 e. The zero-order chi connectivity index (χ0) is 19.5. The van der Waals surface area contributed by atoms with Gasteiger partial charge >= 0.3 is 0 Å². The molecule has 3 heteroatoms. The number of carbonyl (C=O) groups excluding carboxylic acids is 1. The average Bonchev–Trinajstić information content (AvgIpc) is 3.06. The SMILES string of the molecule is CCC1CC2CC(=O)CC[C@]2(C)[C@H]2CC[C@]3(C)C(c4ccncn4)=CC[C@H]3[C@H]12. The Bertz CT molecular complexity index is 802. The maximum atomic E-state index is 12.2. The summed E-state index contributed by atoms with van der Waals surface area (Å²) in [4.78, 5) is 21.0. The lowest BCUT2D eigenvalue weighted by atomic mass is 9.42. The molecule has 0 bridgehead atoms. The number of Topliss-reactive ketones (excluding diaryl/α,β-unsaturated/α-hetero) is 1. The first-order chi connectivity index (χ1) is 13.5. The molecule has 1 aromatic heterocycles. The van der Waals surface area contributed by atoms with Crippen LogP contribution in [-0.4, -0.2) is 15.8 Å². The minimum atomic E-state index is 0.247. The van der Waals surface area contributed by atoms with Crippen molar-refractivity contribution < 1.29 is 4.79 Å². The van der Waals surface area contributed by atoms with Crippen LogP contribution in [0.4, 0.5) is 0 Å². The molecule has 3 nitrogen and oxygen atoms in total. The van der Waals surface area contributed by atoms with E-state index in [-0.39, 0.29) is 5.41 Å². The van der Waals surface area contributed by atoms with Gasteiger partial charge in [0.1, 0.15) is 12.1 Å². The molecule has 0 radical (unpaired) electrons. The molecule has 1 heterocycles. The molecule has 0 saturated heterocycles. The standard InChI is InChI=1S/C25H34N2O/c1-4-16-13-17-14-18(28)7-10-24(17,2)21-8-11-25(3)19(5-6-20(25)23(16)21)22-9-12-26-15-27-22/h5,9,12,15-17,20-21,23H,4,6-8,10-11,13-14H2,1-3H3/t16?,17?,20-,21-,23-,24-,25+/m0/s1. The molecule has 150 valence electrons. The van der Waals surface area contributed by atoms with E-state index >= 15 is 0 Å². The fraction of sp³-hybridized carbons (Fsp3) is 0.720. The molecular formula is C25H34N2O. The number of carbonyl (C=O) groups is 1. The van der Waals surface area contributed by atoms with Crippen LogP contribution in [0.3, 0.4) is 0 Å². The smallest absolute Gasteiger partial charge is 0.133 e. The molecule has 0 aromatic carbocycles. The van der Waals surface area contributed by atoms with E-state index in [2.05, 4.69) is 42.9 Å². The first-order valence-corrected chi connectivity index (χ1v) is 11.5. The lowest BCUT2D eigenvalue weighted by molar-refractivity contribution is -0.146. The number of hydrogen-bond acceptors (Lipinski definition) is 3. The average molecular weight is 379 g/mol. The number of ketones is 1. The Labute approximate surface area is 169 Å². The van der Waals surface area contributed by atoms with E-state index in [1.807, 2.05) is 6.20 Å². The van der Waals surface area contributed by atoms with Gasteiger partial charge in [-0.1, -0.05) is 33.3 Å². The van der Waals surface area contributed by atoms with Crippen LogP contribution in [0.15, 0.2) is 24.7 Å². The van der Waals surface area contributed by atoms with Crippen molar-refractivity contribution in [2.45, 2.75) is 72.1 Å². The summed E-state index contributed by atoms with van der Waals surface area (Å²) in [5.41, 5.74) is 3.23. The lowest BCUT2D eigenvalue weighted by Gasteiger charge is -2.62. The Hall–Kier alpha value is -1.51. The van der Waals surface area contributed by atoms with Crippen LogP contribution < -0.4 is 0 Å². The van der Waals surface area contributed by atoms with Crippen molar-refractivity contribution in [3.63, 3.8) is 0 Å². The fourth-order valence-electron chi connectivity index (χ4n) is 8.07. The van der Waals surface area contributed by atoms with Crippen molar-refractivity contribution in [1.29, 1.82) is 0 Å². The third-order valence-corrected chi connectivity index (χ3v) is 9.62. The Morgan fingerprint density at radius 2 is 2.07 bits per heavy atom. The Morgan fingerprint density at radius 3 is 2.82 bits per heavy atom. The van der Waals surface area contributed by atoms with Crippen molar-refractivity contribution in [2.75, 3.05) is 0 Å². The molecule has 4 aliphatic carbocycles. The predicted molar refractivity (Wildman–Crippen MR) is 111 cm³/mol. The Morgan fingerprint density at radius 1 is 1.21 bits per heavy atom. The summed E-state index contributed by atoms with van der Waals surface area (Å²) >= 11 is 0. The predicted octanol–water partition coefficient (Wildman–Crippen LogP) is 5.72. The number of hydrogen-bond donors (Lipinski definition) is 0. The quantitative estimate of drug-likeness (QED) is 0.661. The molecule has 0 amide bonds. The number of rotatable bonds is 2. The van der Waals surface area contributed by atoms with Gasteiger partial charge in [-0.2, -0.15) is 0 Å². The van der Waals surface area contributed by atoms with Gasteiger partial charge in [-0.25, -0.2) is 9.97 Å². The second-order valence-electron chi connectivity index (χ2n) is 10.5. The molecule has 1 aromatic rings. The number of aromatic nitrogens is 2. The minimum Gasteiger partial charge on any atom is -0.300 e. The summed E-state index contributed by atoms with van der Waals surface area (Å²) in [7, 11) is 0. The van der Waals surface area contributed by atoms with E-state index in [4.69, 9.17) is 0 Å². The number of fused-ring (bicyclic) bond motifs is 5. The molecule has 7 atom stereocenters. The molecule has 28 heavy (non-hydrogen) atoms. The van der Waals surface area contributed by atoms with Gasteiger partial charge < -0.3 is 0 Å². The monoisotopic (exact) mass is 378 g/mol. The fourth-order valence-corrected chi connectivity index (χ4v) is 8.07. The highest BCUT2D eigenvalue weighted by Gasteiger charge is 2.61. The van der Waals surface area contributed by atoms with Crippen LogP contribution in [0.5, 0.6) is 0 Å². The molecular weight excluding hydrogens is 344 g/mol. The van der Waals surface area contributed by atoms with Crippen LogP contribution in [0.2, 0.25) is 0 Å². The van der Waals surface area contributed by atoms with Gasteiger partial charge in [-0.15, -0.1) is 0 Å². The molecule has 3 fully saturated rings. The van der Waals surface area contributed by atoms with Gasteiger partial charge in [-0.05, 0) is 84.2 Å². The second-order valence-corrected chi connectivity index (χ2v) is 10.5. The summed E-state index contributed by atoms with van der Waals surface area (Å²) in [5.74, 6) is 4.24. The topological polar surface area (TPSA) is 42.9 Å². The van der Waals surface area contributed by atoms with Gasteiger partial charge in [0.05, 0.1) is 5.69 Å². The van der Waals surface area contributed by atoms with Gasteiger partial charge in [0, 0.05) is 19.0 Å². The van der Waals surface area contributed by atoms with Crippen LogP contribution in [0.25, 0.3) is 5.57 Å².